The van der Waals surface area contributed by atoms with Gasteiger partial charge in [0.2, 0.25) is 11.8 Å². The number of hydrogen-bond acceptors (Lipinski definition) is 9. The SMILES string of the molecule is Cc1noc(C)c1NC(=O)N(C)C[C@@H]1Oc2ccc(NC(=O)CCN3CCOCC3)cc2CC(=O)N([C@@H](C)CO)C[C@@H]1C. The molecule has 1 fully saturated rings. The molecule has 13 heteroatoms. The molecule has 3 atom stereocenters. The highest BCUT2D eigenvalue weighted by Gasteiger charge is 2.32. The summed E-state index contributed by atoms with van der Waals surface area (Å²) in [6.45, 7) is 11.2. The summed E-state index contributed by atoms with van der Waals surface area (Å²) in [5.41, 5.74) is 2.30. The number of aliphatic hydroxyl groups excluding tert-OH is 1. The van der Waals surface area contributed by atoms with Crippen LogP contribution in [0, 0.1) is 19.8 Å². The molecule has 4 rings (SSSR count). The highest BCUT2D eigenvalue weighted by atomic mass is 16.5. The van der Waals surface area contributed by atoms with Crippen molar-refractivity contribution in [3.8, 4) is 5.75 Å². The van der Waals surface area contributed by atoms with Gasteiger partial charge in [-0.3, -0.25) is 14.5 Å². The van der Waals surface area contributed by atoms with Crippen LogP contribution in [-0.2, 0) is 20.7 Å². The molecule has 4 amide bonds. The van der Waals surface area contributed by atoms with Gasteiger partial charge in [0, 0.05) is 56.8 Å². The summed E-state index contributed by atoms with van der Waals surface area (Å²) in [7, 11) is 1.67. The Morgan fingerprint density at radius 2 is 1.95 bits per heavy atom. The zero-order valence-electron chi connectivity index (χ0n) is 25.7. The van der Waals surface area contributed by atoms with Gasteiger partial charge >= 0.3 is 6.03 Å². The van der Waals surface area contributed by atoms with Crippen LogP contribution in [0.25, 0.3) is 0 Å². The fourth-order valence-corrected chi connectivity index (χ4v) is 5.25. The smallest absolute Gasteiger partial charge is 0.321 e. The number of nitrogens with zero attached hydrogens (tertiary/aromatic N) is 4. The first-order chi connectivity index (χ1) is 20.5. The number of nitrogens with one attached hydrogen (secondary N) is 2. The van der Waals surface area contributed by atoms with E-state index in [1.54, 1.807) is 50.9 Å². The van der Waals surface area contributed by atoms with E-state index in [1.165, 1.54) is 4.90 Å². The third kappa shape index (κ3) is 8.46. The second-order valence-corrected chi connectivity index (χ2v) is 11.5. The Morgan fingerprint density at radius 3 is 2.63 bits per heavy atom. The minimum atomic E-state index is -0.479. The summed E-state index contributed by atoms with van der Waals surface area (Å²) in [6.07, 6.45) is -0.0951. The van der Waals surface area contributed by atoms with Crippen molar-refractivity contribution in [2.24, 2.45) is 5.92 Å². The lowest BCUT2D eigenvalue weighted by Crippen LogP contribution is -2.48. The number of aromatic nitrogens is 1. The lowest BCUT2D eigenvalue weighted by molar-refractivity contribution is -0.134. The fourth-order valence-electron chi connectivity index (χ4n) is 5.25. The van der Waals surface area contributed by atoms with Crippen LogP contribution in [-0.4, -0.2) is 115 Å². The number of aryl methyl sites for hydroxylation is 2. The largest absolute Gasteiger partial charge is 0.488 e. The van der Waals surface area contributed by atoms with Crippen molar-refractivity contribution in [1.29, 1.82) is 0 Å². The van der Waals surface area contributed by atoms with Crippen LogP contribution in [0.2, 0.25) is 0 Å². The van der Waals surface area contributed by atoms with Gasteiger partial charge in [-0.05, 0) is 39.0 Å². The number of amides is 4. The van der Waals surface area contributed by atoms with E-state index in [2.05, 4.69) is 20.7 Å². The van der Waals surface area contributed by atoms with Gasteiger partial charge < -0.3 is 39.5 Å². The van der Waals surface area contributed by atoms with Gasteiger partial charge in [-0.25, -0.2) is 4.79 Å². The molecule has 2 aliphatic heterocycles. The van der Waals surface area contributed by atoms with Crippen molar-refractivity contribution in [2.45, 2.75) is 52.7 Å². The number of urea groups is 1. The Kier molecular flexibility index (Phi) is 11.0. The molecule has 43 heavy (non-hydrogen) atoms. The normalized spacial score (nSPS) is 20.2. The van der Waals surface area contributed by atoms with Gasteiger partial charge in [-0.15, -0.1) is 0 Å². The van der Waals surface area contributed by atoms with E-state index >= 15 is 0 Å². The summed E-state index contributed by atoms with van der Waals surface area (Å²) in [6, 6.07) is 4.53. The number of carbonyl (C=O) groups is 3. The first-order valence-corrected chi connectivity index (χ1v) is 14.8. The van der Waals surface area contributed by atoms with Crippen molar-refractivity contribution in [3.05, 3.63) is 35.2 Å². The van der Waals surface area contributed by atoms with E-state index in [0.29, 0.717) is 66.9 Å². The molecule has 1 aromatic carbocycles. The molecule has 0 saturated carbocycles. The van der Waals surface area contributed by atoms with Gasteiger partial charge in [0.05, 0.1) is 38.8 Å². The van der Waals surface area contributed by atoms with Gasteiger partial charge in [0.25, 0.3) is 0 Å². The van der Waals surface area contributed by atoms with Gasteiger partial charge in [-0.1, -0.05) is 12.1 Å². The lowest BCUT2D eigenvalue weighted by Gasteiger charge is -2.34. The van der Waals surface area contributed by atoms with Crippen LogP contribution < -0.4 is 15.4 Å². The van der Waals surface area contributed by atoms with E-state index in [1.807, 2.05) is 6.92 Å². The third-order valence-electron chi connectivity index (χ3n) is 8.02. The van der Waals surface area contributed by atoms with E-state index in [4.69, 9.17) is 14.0 Å². The topological polar surface area (TPSA) is 150 Å². The van der Waals surface area contributed by atoms with Crippen molar-refractivity contribution in [1.82, 2.24) is 19.9 Å². The number of fused-ring (bicyclic) bond motifs is 1. The van der Waals surface area contributed by atoms with Gasteiger partial charge in [0.1, 0.15) is 23.2 Å². The van der Waals surface area contributed by atoms with Crippen LogP contribution in [0.5, 0.6) is 5.75 Å². The van der Waals surface area contributed by atoms with E-state index in [-0.39, 0.29) is 43.3 Å². The molecular weight excluding hydrogens is 556 g/mol. The van der Waals surface area contributed by atoms with Crippen molar-refractivity contribution in [3.63, 3.8) is 0 Å². The maximum absolute atomic E-state index is 13.5. The zero-order valence-corrected chi connectivity index (χ0v) is 25.7. The van der Waals surface area contributed by atoms with Gasteiger partial charge in [0.15, 0.2) is 5.76 Å². The summed E-state index contributed by atoms with van der Waals surface area (Å²) < 4.78 is 17.0. The third-order valence-corrected chi connectivity index (χ3v) is 8.02. The van der Waals surface area contributed by atoms with Crippen LogP contribution in [0.4, 0.5) is 16.2 Å². The highest BCUT2D eigenvalue weighted by molar-refractivity contribution is 5.91. The zero-order chi connectivity index (χ0) is 31.1. The van der Waals surface area contributed by atoms with Crippen molar-refractivity contribution >= 4 is 29.2 Å². The van der Waals surface area contributed by atoms with Crippen LogP contribution >= 0.6 is 0 Å². The Hall–Kier alpha value is -3.68. The standard InChI is InChI=1S/C30H44N6O7/c1-19-16-36(20(2)18-37)28(39)15-23-14-24(31-27(38)8-9-35-10-12-41-13-11-35)6-7-25(23)42-26(19)17-34(5)30(40)32-29-21(3)33-43-22(29)4/h6-7,14,19-20,26,37H,8-13,15-18H2,1-5H3,(H,31,38)(H,32,40)/t19-,20-,26-/m0/s1. The Labute approximate surface area is 252 Å². The second-order valence-electron chi connectivity index (χ2n) is 11.5. The minimum Gasteiger partial charge on any atom is -0.488 e. The number of ether oxygens (including phenoxy) is 2. The number of anilines is 2. The summed E-state index contributed by atoms with van der Waals surface area (Å²) >= 11 is 0. The number of benzene rings is 1. The number of aliphatic hydroxyl groups is 1. The Balaban J connectivity index is 1.51. The number of hydrogen-bond donors (Lipinski definition) is 3. The van der Waals surface area contributed by atoms with Crippen LogP contribution in [0.1, 0.15) is 37.3 Å². The molecule has 1 aromatic heterocycles. The molecule has 13 nitrogen and oxygen atoms in total. The number of likely N-dealkylation sites (N-methyl/N-ethyl adjacent to an activating group) is 1. The molecular formula is C30H44N6O7. The average molecular weight is 601 g/mol. The maximum Gasteiger partial charge on any atom is 0.321 e. The molecule has 236 valence electrons. The van der Waals surface area contributed by atoms with Crippen LogP contribution in [0.3, 0.4) is 0 Å². The molecule has 0 spiro atoms. The summed E-state index contributed by atoms with van der Waals surface area (Å²) in [4.78, 5) is 44.7. The van der Waals surface area contributed by atoms with Crippen LogP contribution in [0.15, 0.2) is 22.7 Å². The number of morpholine rings is 1. The van der Waals surface area contributed by atoms with Crippen molar-refractivity contribution < 1.29 is 33.5 Å². The number of rotatable bonds is 9. The van der Waals surface area contributed by atoms with Gasteiger partial charge in [-0.2, -0.15) is 0 Å². The highest BCUT2D eigenvalue weighted by Crippen LogP contribution is 2.29. The Morgan fingerprint density at radius 1 is 1.21 bits per heavy atom. The maximum atomic E-state index is 13.5. The fraction of sp³-hybridized carbons (Fsp3) is 0.600. The average Bonchev–Trinajstić information content (AvgIpc) is 3.32. The molecule has 0 aliphatic carbocycles. The second kappa shape index (κ2) is 14.7. The molecule has 0 bridgehead atoms. The molecule has 3 N–H and O–H groups in total. The molecule has 0 radical (unpaired) electrons. The first-order valence-electron chi connectivity index (χ1n) is 14.8. The molecule has 3 heterocycles. The molecule has 0 unspecified atom stereocenters. The van der Waals surface area contributed by atoms with Crippen molar-refractivity contribution in [2.75, 3.05) is 70.2 Å². The molecule has 1 saturated heterocycles. The Bertz CT molecular complexity index is 1260. The lowest BCUT2D eigenvalue weighted by atomic mass is 10.0. The summed E-state index contributed by atoms with van der Waals surface area (Å²) in [5.74, 6) is 0.567. The molecule has 2 aromatic rings. The minimum absolute atomic E-state index is 0.0406. The van der Waals surface area contributed by atoms with E-state index < -0.39 is 12.1 Å². The first kappa shape index (κ1) is 32.2. The predicted molar refractivity (Wildman–Crippen MR) is 160 cm³/mol. The molecule has 2 aliphatic rings. The van der Waals surface area contributed by atoms with E-state index in [0.717, 1.165) is 13.1 Å². The quantitative estimate of drug-likeness (QED) is 0.394. The monoisotopic (exact) mass is 600 g/mol. The summed E-state index contributed by atoms with van der Waals surface area (Å²) in [5, 5.41) is 19.6. The number of carbonyl (C=O) groups excluding carboxylic acids is 3. The van der Waals surface area contributed by atoms with E-state index in [9.17, 15) is 19.5 Å². The predicted octanol–water partition coefficient (Wildman–Crippen LogP) is 2.27.